The van der Waals surface area contributed by atoms with Crippen LogP contribution in [0.15, 0.2) is 30.3 Å². The zero-order valence-electron chi connectivity index (χ0n) is 7.87. The molecule has 0 fully saturated rings. The number of allylic oxidation sites excluding steroid dienone is 1. The van der Waals surface area contributed by atoms with E-state index in [1.54, 1.807) is 7.05 Å². The minimum atomic E-state index is -0.0475. The molecule has 0 spiro atoms. The minimum absolute atomic E-state index is 0.0475. The molecular formula is C11H13NO. The Morgan fingerprint density at radius 3 is 2.69 bits per heavy atom. The van der Waals surface area contributed by atoms with Crippen molar-refractivity contribution in [1.29, 1.82) is 0 Å². The van der Waals surface area contributed by atoms with E-state index in [0.717, 1.165) is 5.56 Å². The maximum absolute atomic E-state index is 11.4. The predicted octanol–water partition coefficient (Wildman–Crippen LogP) is 2.08. The molecule has 0 aliphatic heterocycles. The van der Waals surface area contributed by atoms with Crippen LogP contribution in [0.5, 0.6) is 0 Å². The third-order valence-corrected chi connectivity index (χ3v) is 1.78. The molecule has 0 aliphatic rings. The number of hydrogen-bond acceptors (Lipinski definition) is 1. The van der Waals surface area contributed by atoms with Gasteiger partial charge in [-0.25, -0.2) is 0 Å². The van der Waals surface area contributed by atoms with Gasteiger partial charge < -0.3 is 5.32 Å². The number of hydrogen-bond donors (Lipinski definition) is 1. The number of carbonyl (C=O) groups excluding carboxylic acids is 1. The summed E-state index contributed by atoms with van der Waals surface area (Å²) in [5.41, 5.74) is 1.66. The molecule has 13 heavy (non-hydrogen) atoms. The second kappa shape index (κ2) is 4.45. The Morgan fingerprint density at radius 2 is 2.08 bits per heavy atom. The molecule has 0 aliphatic carbocycles. The quantitative estimate of drug-likeness (QED) is 0.732. The summed E-state index contributed by atoms with van der Waals surface area (Å²) in [7, 11) is 1.63. The molecule has 1 rings (SSSR count). The Bertz CT molecular complexity index is 329. The summed E-state index contributed by atoms with van der Waals surface area (Å²) < 4.78 is 0. The Hall–Kier alpha value is -1.57. The maximum atomic E-state index is 11.4. The average Bonchev–Trinajstić information content (AvgIpc) is 2.18. The van der Waals surface area contributed by atoms with Crippen LogP contribution in [0.2, 0.25) is 0 Å². The molecule has 0 aromatic heterocycles. The largest absolute Gasteiger partial charge is 0.355 e. The van der Waals surface area contributed by atoms with E-state index in [0.29, 0.717) is 5.56 Å². The fraction of sp³-hybridized carbons (Fsp3) is 0.182. The summed E-state index contributed by atoms with van der Waals surface area (Å²) in [6, 6.07) is 7.51. The fourth-order valence-corrected chi connectivity index (χ4v) is 1.16. The standard InChI is InChI=1S/C11H13NO/c1-3-6-9-7-4-5-8-10(9)11(13)12-2/h3-8H,1-2H3,(H,12,13)/b6-3-. The molecule has 0 heterocycles. The molecule has 1 amide bonds. The fourth-order valence-electron chi connectivity index (χ4n) is 1.16. The summed E-state index contributed by atoms with van der Waals surface area (Å²) in [6.07, 6.45) is 3.84. The lowest BCUT2D eigenvalue weighted by molar-refractivity contribution is 0.0963. The summed E-state index contributed by atoms with van der Waals surface area (Å²) in [5, 5.41) is 2.61. The van der Waals surface area contributed by atoms with Crippen molar-refractivity contribution in [3.05, 3.63) is 41.5 Å². The molecule has 0 saturated carbocycles. The molecule has 1 aromatic rings. The Kier molecular flexibility index (Phi) is 3.26. The van der Waals surface area contributed by atoms with Crippen molar-refractivity contribution in [1.82, 2.24) is 5.32 Å². The lowest BCUT2D eigenvalue weighted by Gasteiger charge is -2.03. The van der Waals surface area contributed by atoms with Gasteiger partial charge in [0.05, 0.1) is 0 Å². The van der Waals surface area contributed by atoms with E-state index in [1.165, 1.54) is 0 Å². The van der Waals surface area contributed by atoms with Gasteiger partial charge in [0.15, 0.2) is 0 Å². The second-order valence-corrected chi connectivity index (χ2v) is 2.67. The van der Waals surface area contributed by atoms with Gasteiger partial charge in [-0.1, -0.05) is 30.4 Å². The van der Waals surface area contributed by atoms with Gasteiger partial charge in [-0.3, -0.25) is 4.79 Å². The van der Waals surface area contributed by atoms with Crippen molar-refractivity contribution in [2.75, 3.05) is 7.05 Å². The SMILES string of the molecule is C/C=C\c1ccccc1C(=O)NC. The van der Waals surface area contributed by atoms with Crippen molar-refractivity contribution in [3.63, 3.8) is 0 Å². The lowest BCUT2D eigenvalue weighted by atomic mass is 10.1. The molecule has 0 unspecified atom stereocenters. The molecular weight excluding hydrogens is 162 g/mol. The van der Waals surface area contributed by atoms with Gasteiger partial charge in [-0.15, -0.1) is 0 Å². The smallest absolute Gasteiger partial charge is 0.251 e. The van der Waals surface area contributed by atoms with Gasteiger partial charge in [0.2, 0.25) is 0 Å². The number of nitrogens with one attached hydrogen (secondary N) is 1. The highest BCUT2D eigenvalue weighted by atomic mass is 16.1. The monoisotopic (exact) mass is 175 g/mol. The van der Waals surface area contributed by atoms with Crippen LogP contribution in [0.1, 0.15) is 22.8 Å². The lowest BCUT2D eigenvalue weighted by Crippen LogP contribution is -2.18. The molecule has 2 heteroatoms. The summed E-state index contributed by atoms with van der Waals surface area (Å²) in [5.74, 6) is -0.0475. The zero-order chi connectivity index (χ0) is 9.68. The second-order valence-electron chi connectivity index (χ2n) is 2.67. The van der Waals surface area contributed by atoms with Crippen molar-refractivity contribution in [2.45, 2.75) is 6.92 Å². The topological polar surface area (TPSA) is 29.1 Å². The highest BCUT2D eigenvalue weighted by Crippen LogP contribution is 2.10. The summed E-state index contributed by atoms with van der Waals surface area (Å²) in [4.78, 5) is 11.4. The van der Waals surface area contributed by atoms with E-state index >= 15 is 0 Å². The van der Waals surface area contributed by atoms with Gasteiger partial charge in [0.25, 0.3) is 5.91 Å². The molecule has 0 bridgehead atoms. The third kappa shape index (κ3) is 2.18. The molecule has 0 atom stereocenters. The van der Waals surface area contributed by atoms with Crippen LogP contribution in [0, 0.1) is 0 Å². The van der Waals surface area contributed by atoms with E-state index in [2.05, 4.69) is 5.32 Å². The van der Waals surface area contributed by atoms with Crippen LogP contribution in [0.4, 0.5) is 0 Å². The van der Waals surface area contributed by atoms with Crippen LogP contribution in [0.3, 0.4) is 0 Å². The Balaban J connectivity index is 3.11. The first kappa shape index (κ1) is 9.52. The van der Waals surface area contributed by atoms with Crippen molar-refractivity contribution in [2.24, 2.45) is 0 Å². The minimum Gasteiger partial charge on any atom is -0.355 e. The third-order valence-electron chi connectivity index (χ3n) is 1.78. The Morgan fingerprint density at radius 1 is 1.38 bits per heavy atom. The zero-order valence-corrected chi connectivity index (χ0v) is 7.87. The van der Waals surface area contributed by atoms with E-state index in [-0.39, 0.29) is 5.91 Å². The van der Waals surface area contributed by atoms with Crippen LogP contribution < -0.4 is 5.32 Å². The van der Waals surface area contributed by atoms with E-state index in [1.807, 2.05) is 43.3 Å². The van der Waals surface area contributed by atoms with Gasteiger partial charge in [0, 0.05) is 12.6 Å². The van der Waals surface area contributed by atoms with Gasteiger partial charge >= 0.3 is 0 Å². The van der Waals surface area contributed by atoms with E-state index in [4.69, 9.17) is 0 Å². The molecule has 68 valence electrons. The highest BCUT2D eigenvalue weighted by Gasteiger charge is 2.05. The van der Waals surface area contributed by atoms with E-state index < -0.39 is 0 Å². The maximum Gasteiger partial charge on any atom is 0.251 e. The van der Waals surface area contributed by atoms with Crippen molar-refractivity contribution >= 4 is 12.0 Å². The van der Waals surface area contributed by atoms with Crippen LogP contribution in [-0.2, 0) is 0 Å². The van der Waals surface area contributed by atoms with Crippen LogP contribution in [-0.4, -0.2) is 13.0 Å². The van der Waals surface area contributed by atoms with Crippen molar-refractivity contribution in [3.8, 4) is 0 Å². The molecule has 1 N–H and O–H groups in total. The molecule has 0 saturated heterocycles. The first-order valence-electron chi connectivity index (χ1n) is 4.23. The normalized spacial score (nSPS) is 10.3. The number of amides is 1. The molecule has 2 nitrogen and oxygen atoms in total. The summed E-state index contributed by atoms with van der Waals surface area (Å²) in [6.45, 7) is 1.93. The predicted molar refractivity (Wildman–Crippen MR) is 54.5 cm³/mol. The first-order valence-corrected chi connectivity index (χ1v) is 4.23. The average molecular weight is 175 g/mol. The molecule has 1 aromatic carbocycles. The first-order chi connectivity index (χ1) is 6.29. The van der Waals surface area contributed by atoms with Gasteiger partial charge in [0.1, 0.15) is 0 Å². The van der Waals surface area contributed by atoms with E-state index in [9.17, 15) is 4.79 Å². The summed E-state index contributed by atoms with van der Waals surface area (Å²) >= 11 is 0. The molecule has 0 radical (unpaired) electrons. The highest BCUT2D eigenvalue weighted by molar-refractivity contribution is 5.97. The number of benzene rings is 1. The Labute approximate surface area is 78.3 Å². The van der Waals surface area contributed by atoms with Crippen LogP contribution in [0.25, 0.3) is 6.08 Å². The number of carbonyl (C=O) groups is 1. The van der Waals surface area contributed by atoms with Gasteiger partial charge in [-0.05, 0) is 18.6 Å². The van der Waals surface area contributed by atoms with Crippen LogP contribution >= 0.6 is 0 Å². The van der Waals surface area contributed by atoms with Crippen molar-refractivity contribution < 1.29 is 4.79 Å². The van der Waals surface area contributed by atoms with Gasteiger partial charge in [-0.2, -0.15) is 0 Å². The number of rotatable bonds is 2.